The minimum absolute atomic E-state index is 0.179. The van der Waals surface area contributed by atoms with Crippen LogP contribution in [0.2, 0.25) is 5.02 Å². The molecule has 0 aliphatic rings. The van der Waals surface area contributed by atoms with Gasteiger partial charge in [0.05, 0.1) is 10.6 Å². The molecule has 3 rings (SSSR count). The largest absolute Gasteiger partial charge is 0.441 e. The van der Waals surface area contributed by atoms with Crippen molar-refractivity contribution < 1.29 is 12.8 Å². The first-order valence-electron chi connectivity index (χ1n) is 7.73. The second-order valence-electron chi connectivity index (χ2n) is 5.49. The van der Waals surface area contributed by atoms with Crippen molar-refractivity contribution in [1.29, 1.82) is 0 Å². The monoisotopic (exact) mass is 376 g/mol. The highest BCUT2D eigenvalue weighted by molar-refractivity contribution is 7.89. The zero-order chi connectivity index (χ0) is 17.9. The molecule has 0 radical (unpaired) electrons. The minimum atomic E-state index is -3.57. The summed E-state index contributed by atoms with van der Waals surface area (Å²) < 4.78 is 32.7. The number of hydrogen-bond donors (Lipinski definition) is 1. The molecule has 0 saturated carbocycles. The maximum Gasteiger partial charge on any atom is 0.240 e. The second-order valence-corrected chi connectivity index (χ2v) is 7.69. The van der Waals surface area contributed by atoms with Gasteiger partial charge in [-0.1, -0.05) is 29.8 Å². The fraction of sp³-hybridized carbons (Fsp3) is 0.167. The van der Waals surface area contributed by atoms with Crippen molar-refractivity contribution in [2.24, 2.45) is 0 Å². The summed E-state index contributed by atoms with van der Waals surface area (Å²) in [4.78, 5) is 4.64. The van der Waals surface area contributed by atoms with Crippen LogP contribution < -0.4 is 4.72 Å². The summed E-state index contributed by atoms with van der Waals surface area (Å²) >= 11 is 5.78. The van der Waals surface area contributed by atoms with E-state index >= 15 is 0 Å². The van der Waals surface area contributed by atoms with E-state index in [0.29, 0.717) is 23.1 Å². The number of sulfonamides is 1. The predicted molar refractivity (Wildman–Crippen MR) is 97.0 cm³/mol. The van der Waals surface area contributed by atoms with Gasteiger partial charge in [-0.25, -0.2) is 18.1 Å². The molecule has 130 valence electrons. The van der Waals surface area contributed by atoms with Gasteiger partial charge in [-0.2, -0.15) is 0 Å². The summed E-state index contributed by atoms with van der Waals surface area (Å²) in [5.41, 5.74) is 1.62. The van der Waals surface area contributed by atoms with Gasteiger partial charge in [-0.15, -0.1) is 0 Å². The average Bonchev–Trinajstić information content (AvgIpc) is 2.97. The molecule has 1 N–H and O–H groups in total. The van der Waals surface area contributed by atoms with Crippen molar-refractivity contribution >= 4 is 21.6 Å². The number of rotatable bonds is 6. The Morgan fingerprint density at radius 3 is 2.44 bits per heavy atom. The molecule has 0 bridgehead atoms. The molecule has 25 heavy (non-hydrogen) atoms. The van der Waals surface area contributed by atoms with Crippen molar-refractivity contribution in [3.05, 3.63) is 71.1 Å². The van der Waals surface area contributed by atoms with E-state index in [9.17, 15) is 8.42 Å². The molecular formula is C18H17ClN2O3S. The van der Waals surface area contributed by atoms with Crippen LogP contribution in [0.5, 0.6) is 0 Å². The third kappa shape index (κ3) is 4.28. The van der Waals surface area contributed by atoms with Crippen LogP contribution in [0.3, 0.4) is 0 Å². The highest BCUT2D eigenvalue weighted by Crippen LogP contribution is 2.21. The third-order valence-electron chi connectivity index (χ3n) is 3.69. The molecule has 0 spiro atoms. The topological polar surface area (TPSA) is 72.2 Å². The molecule has 0 unspecified atom stereocenters. The van der Waals surface area contributed by atoms with Crippen LogP contribution in [0.1, 0.15) is 11.5 Å². The van der Waals surface area contributed by atoms with E-state index < -0.39 is 10.0 Å². The van der Waals surface area contributed by atoms with Crippen LogP contribution in [0.25, 0.3) is 11.5 Å². The quantitative estimate of drug-likeness (QED) is 0.709. The zero-order valence-electron chi connectivity index (χ0n) is 13.6. The Bertz CT molecular complexity index is 952. The van der Waals surface area contributed by atoms with Crippen LogP contribution in [-0.2, 0) is 16.4 Å². The number of nitrogens with one attached hydrogen (secondary N) is 1. The number of hydrogen-bond acceptors (Lipinski definition) is 4. The lowest BCUT2D eigenvalue weighted by Gasteiger charge is -2.06. The van der Waals surface area contributed by atoms with Crippen LogP contribution in [0.4, 0.5) is 0 Å². The van der Waals surface area contributed by atoms with Crippen LogP contribution in [-0.4, -0.2) is 19.9 Å². The van der Waals surface area contributed by atoms with Crippen molar-refractivity contribution in [2.45, 2.75) is 18.2 Å². The van der Waals surface area contributed by atoms with Crippen LogP contribution >= 0.6 is 11.6 Å². The summed E-state index contributed by atoms with van der Waals surface area (Å²) in [6.45, 7) is 2.05. The van der Waals surface area contributed by atoms with E-state index in [1.54, 1.807) is 12.1 Å². The molecule has 0 atom stereocenters. The number of oxazole rings is 1. The van der Waals surface area contributed by atoms with Gasteiger partial charge in [-0.3, -0.25) is 0 Å². The molecule has 2 aromatic carbocycles. The van der Waals surface area contributed by atoms with Crippen molar-refractivity contribution in [1.82, 2.24) is 9.71 Å². The highest BCUT2D eigenvalue weighted by atomic mass is 35.5. The molecule has 0 amide bonds. The lowest BCUT2D eigenvalue weighted by atomic mass is 10.2. The predicted octanol–water partition coefficient (Wildman–Crippen LogP) is 3.82. The van der Waals surface area contributed by atoms with Gasteiger partial charge >= 0.3 is 0 Å². The Labute approximate surface area is 151 Å². The van der Waals surface area contributed by atoms with Gasteiger partial charge in [0, 0.05) is 23.6 Å². The van der Waals surface area contributed by atoms with Gasteiger partial charge in [0.15, 0.2) is 0 Å². The molecule has 3 aromatic rings. The SMILES string of the molecule is Cc1oc(-c2ccccc2)nc1CCNS(=O)(=O)c1ccc(Cl)cc1. The fourth-order valence-electron chi connectivity index (χ4n) is 2.37. The van der Waals surface area contributed by atoms with Crippen molar-refractivity contribution in [3.8, 4) is 11.5 Å². The number of aromatic nitrogens is 1. The molecule has 1 heterocycles. The van der Waals surface area contributed by atoms with Crippen LogP contribution in [0.15, 0.2) is 63.9 Å². The smallest absolute Gasteiger partial charge is 0.240 e. The van der Waals surface area contributed by atoms with Gasteiger partial charge in [0.2, 0.25) is 15.9 Å². The zero-order valence-corrected chi connectivity index (χ0v) is 15.1. The molecule has 0 aliphatic carbocycles. The molecular weight excluding hydrogens is 360 g/mol. The van der Waals surface area contributed by atoms with Crippen LogP contribution in [0, 0.1) is 6.92 Å². The molecule has 5 nitrogen and oxygen atoms in total. The van der Waals surface area contributed by atoms with Crippen molar-refractivity contribution in [2.75, 3.05) is 6.54 Å². The molecule has 1 aromatic heterocycles. The first-order valence-corrected chi connectivity index (χ1v) is 9.59. The van der Waals surface area contributed by atoms with Gasteiger partial charge < -0.3 is 4.42 Å². The molecule has 0 saturated heterocycles. The van der Waals surface area contributed by atoms with E-state index in [4.69, 9.17) is 16.0 Å². The van der Waals surface area contributed by atoms with Gasteiger partial charge in [0.25, 0.3) is 0 Å². The Kier molecular flexibility index (Phi) is 5.22. The Morgan fingerprint density at radius 2 is 1.76 bits per heavy atom. The average molecular weight is 377 g/mol. The van der Waals surface area contributed by atoms with Crippen molar-refractivity contribution in [3.63, 3.8) is 0 Å². The summed E-state index contributed by atoms with van der Waals surface area (Å²) in [5, 5.41) is 0.491. The molecule has 0 aliphatic heterocycles. The number of benzene rings is 2. The lowest BCUT2D eigenvalue weighted by Crippen LogP contribution is -2.26. The summed E-state index contributed by atoms with van der Waals surface area (Å²) in [6.07, 6.45) is 0.439. The number of halogens is 1. The van der Waals surface area contributed by atoms with E-state index in [1.807, 2.05) is 37.3 Å². The summed E-state index contributed by atoms with van der Waals surface area (Å²) in [7, 11) is -3.57. The molecule has 0 fully saturated rings. The fourth-order valence-corrected chi connectivity index (χ4v) is 3.52. The Balaban J connectivity index is 1.66. The molecule has 7 heteroatoms. The number of aryl methyl sites for hydroxylation is 1. The summed E-state index contributed by atoms with van der Waals surface area (Å²) in [6, 6.07) is 15.6. The van der Waals surface area contributed by atoms with E-state index in [0.717, 1.165) is 11.3 Å². The van der Waals surface area contributed by atoms with E-state index in [2.05, 4.69) is 9.71 Å². The normalized spacial score (nSPS) is 11.6. The maximum absolute atomic E-state index is 12.2. The van der Waals surface area contributed by atoms with E-state index in [-0.39, 0.29) is 11.4 Å². The summed E-state index contributed by atoms with van der Waals surface area (Å²) in [5.74, 6) is 1.22. The highest BCUT2D eigenvalue weighted by Gasteiger charge is 2.15. The minimum Gasteiger partial charge on any atom is -0.441 e. The lowest BCUT2D eigenvalue weighted by molar-refractivity contribution is 0.538. The Morgan fingerprint density at radius 1 is 1.08 bits per heavy atom. The second kappa shape index (κ2) is 7.39. The van der Waals surface area contributed by atoms with Gasteiger partial charge in [0.1, 0.15) is 5.76 Å². The third-order valence-corrected chi connectivity index (χ3v) is 5.42. The first-order chi connectivity index (χ1) is 12.0. The number of nitrogens with zero attached hydrogens (tertiary/aromatic N) is 1. The maximum atomic E-state index is 12.2. The standard InChI is InChI=1S/C18H17ClN2O3S/c1-13-17(21-18(24-13)14-5-3-2-4-6-14)11-12-20-25(22,23)16-9-7-15(19)8-10-16/h2-10,20H,11-12H2,1H3. The first kappa shape index (κ1) is 17.7. The van der Waals surface area contributed by atoms with Gasteiger partial charge in [-0.05, 0) is 43.3 Å². The Hall–Kier alpha value is -2.15. The van der Waals surface area contributed by atoms with E-state index in [1.165, 1.54) is 12.1 Å².